The Balaban J connectivity index is 1.84. The molecule has 4 heteroatoms. The molecule has 1 aromatic rings. The van der Waals surface area contributed by atoms with Crippen molar-refractivity contribution in [1.82, 2.24) is 4.31 Å². The summed E-state index contributed by atoms with van der Waals surface area (Å²) in [5.74, 6) is 0.201. The Morgan fingerprint density at radius 2 is 1.89 bits per heavy atom. The number of rotatable bonds is 2. The molecule has 1 saturated heterocycles. The first kappa shape index (κ1) is 12.9. The van der Waals surface area contributed by atoms with Crippen LogP contribution in [0.15, 0.2) is 30.3 Å². The van der Waals surface area contributed by atoms with E-state index in [1.165, 1.54) is 11.1 Å². The van der Waals surface area contributed by atoms with E-state index in [1.807, 2.05) is 0 Å². The summed E-state index contributed by atoms with van der Waals surface area (Å²) >= 11 is 0. The van der Waals surface area contributed by atoms with Crippen LogP contribution in [-0.4, -0.2) is 31.6 Å². The lowest BCUT2D eigenvalue weighted by atomic mass is 9.75. The van der Waals surface area contributed by atoms with Gasteiger partial charge in [-0.15, -0.1) is 0 Å². The van der Waals surface area contributed by atoms with Gasteiger partial charge in [-0.3, -0.25) is 0 Å². The highest BCUT2D eigenvalue weighted by molar-refractivity contribution is 7.89. The van der Waals surface area contributed by atoms with Crippen molar-refractivity contribution in [2.24, 2.45) is 0 Å². The molecule has 1 aliphatic carbocycles. The molecule has 0 bridgehead atoms. The minimum Gasteiger partial charge on any atom is -0.212 e. The third kappa shape index (κ3) is 2.03. The van der Waals surface area contributed by atoms with Gasteiger partial charge in [-0.1, -0.05) is 36.4 Å². The van der Waals surface area contributed by atoms with Crippen molar-refractivity contribution in [2.75, 3.05) is 18.8 Å². The molecule has 0 amide bonds. The predicted molar refractivity (Wildman–Crippen MR) is 77.4 cm³/mol. The maximum Gasteiger partial charge on any atom is 0.213 e. The highest BCUT2D eigenvalue weighted by Crippen LogP contribution is 2.43. The quantitative estimate of drug-likeness (QED) is 0.832. The van der Waals surface area contributed by atoms with Crippen LogP contribution in [0.5, 0.6) is 0 Å². The smallest absolute Gasteiger partial charge is 0.212 e. The van der Waals surface area contributed by atoms with E-state index in [0.717, 1.165) is 12.8 Å². The van der Waals surface area contributed by atoms with Crippen LogP contribution in [0.4, 0.5) is 0 Å². The van der Waals surface area contributed by atoms with Crippen LogP contribution in [-0.2, 0) is 15.4 Å². The molecule has 0 saturated carbocycles. The molecule has 1 spiro atoms. The monoisotopic (exact) mass is 277 g/mol. The van der Waals surface area contributed by atoms with E-state index in [0.29, 0.717) is 13.1 Å². The molecule has 1 aromatic carbocycles. The van der Waals surface area contributed by atoms with Crippen LogP contribution in [0.2, 0.25) is 0 Å². The molecule has 0 radical (unpaired) electrons. The third-order valence-electron chi connectivity index (χ3n) is 4.45. The molecule has 1 fully saturated rings. The Labute approximate surface area is 115 Å². The van der Waals surface area contributed by atoms with Gasteiger partial charge in [0.1, 0.15) is 0 Å². The maximum absolute atomic E-state index is 11.9. The number of piperidine rings is 1. The highest BCUT2D eigenvalue weighted by Gasteiger charge is 2.39. The van der Waals surface area contributed by atoms with Gasteiger partial charge in [-0.2, -0.15) is 0 Å². The Morgan fingerprint density at radius 3 is 2.58 bits per heavy atom. The molecule has 3 nitrogen and oxygen atoms in total. The number of nitrogens with zero attached hydrogens (tertiary/aromatic N) is 1. The van der Waals surface area contributed by atoms with Gasteiger partial charge in [0, 0.05) is 18.5 Å². The average molecular weight is 277 g/mol. The second kappa shape index (κ2) is 4.46. The molecule has 0 N–H and O–H groups in total. The summed E-state index contributed by atoms with van der Waals surface area (Å²) in [4.78, 5) is 0. The lowest BCUT2D eigenvalue weighted by molar-refractivity contribution is 0.275. The van der Waals surface area contributed by atoms with Gasteiger partial charge in [0.05, 0.1) is 5.75 Å². The molecule has 3 rings (SSSR count). The number of benzene rings is 1. The highest BCUT2D eigenvalue weighted by atomic mass is 32.2. The summed E-state index contributed by atoms with van der Waals surface area (Å²) in [7, 11) is -3.04. The van der Waals surface area contributed by atoms with Gasteiger partial charge < -0.3 is 0 Å². The van der Waals surface area contributed by atoms with Crippen molar-refractivity contribution in [3.8, 4) is 0 Å². The molecule has 102 valence electrons. The fraction of sp³-hybridized carbons (Fsp3) is 0.467. The molecule has 0 unspecified atom stereocenters. The van der Waals surface area contributed by atoms with Crippen molar-refractivity contribution in [3.05, 3.63) is 41.5 Å². The van der Waals surface area contributed by atoms with E-state index in [4.69, 9.17) is 0 Å². The van der Waals surface area contributed by atoms with Crippen molar-refractivity contribution >= 4 is 16.1 Å². The summed E-state index contributed by atoms with van der Waals surface area (Å²) in [6, 6.07) is 8.44. The van der Waals surface area contributed by atoms with Gasteiger partial charge in [0.25, 0.3) is 0 Å². The number of fused-ring (bicyclic) bond motifs is 2. The zero-order chi connectivity index (χ0) is 13.5. The maximum atomic E-state index is 11.9. The lowest BCUT2D eigenvalue weighted by Gasteiger charge is -2.38. The van der Waals surface area contributed by atoms with E-state index >= 15 is 0 Å². The van der Waals surface area contributed by atoms with Crippen LogP contribution >= 0.6 is 0 Å². The Morgan fingerprint density at radius 1 is 1.21 bits per heavy atom. The summed E-state index contributed by atoms with van der Waals surface area (Å²) in [5, 5.41) is 0. The van der Waals surface area contributed by atoms with E-state index in [-0.39, 0.29) is 11.2 Å². The Kier molecular flexibility index (Phi) is 3.02. The molecular weight excluding hydrogens is 258 g/mol. The second-order valence-corrected chi connectivity index (χ2v) is 7.63. The second-order valence-electron chi connectivity index (χ2n) is 5.38. The molecule has 1 aliphatic heterocycles. The van der Waals surface area contributed by atoms with Crippen LogP contribution in [0.25, 0.3) is 6.08 Å². The molecule has 0 aromatic heterocycles. The normalized spacial score (nSPS) is 21.7. The Hall–Kier alpha value is -1.13. The van der Waals surface area contributed by atoms with E-state index < -0.39 is 10.0 Å². The number of hydrogen-bond donors (Lipinski definition) is 0. The van der Waals surface area contributed by atoms with Crippen LogP contribution in [0, 0.1) is 0 Å². The zero-order valence-corrected chi connectivity index (χ0v) is 12.0. The topological polar surface area (TPSA) is 37.4 Å². The first-order chi connectivity index (χ1) is 9.07. The minimum atomic E-state index is -3.04. The van der Waals surface area contributed by atoms with Crippen molar-refractivity contribution in [2.45, 2.75) is 25.2 Å². The fourth-order valence-electron chi connectivity index (χ4n) is 3.22. The third-order valence-corrected chi connectivity index (χ3v) is 6.33. The van der Waals surface area contributed by atoms with Crippen LogP contribution in [0.1, 0.15) is 30.9 Å². The first-order valence-electron chi connectivity index (χ1n) is 6.84. The van der Waals surface area contributed by atoms with Crippen molar-refractivity contribution in [1.29, 1.82) is 0 Å². The summed E-state index contributed by atoms with van der Waals surface area (Å²) in [6.07, 6.45) is 6.23. The molecule has 0 atom stereocenters. The number of allylic oxidation sites excluding steroid dienone is 1. The average Bonchev–Trinajstić information content (AvgIpc) is 2.79. The lowest BCUT2D eigenvalue weighted by Crippen LogP contribution is -2.44. The van der Waals surface area contributed by atoms with Gasteiger partial charge in [-0.25, -0.2) is 12.7 Å². The first-order valence-corrected chi connectivity index (χ1v) is 8.45. The molecule has 1 heterocycles. The fourth-order valence-corrected chi connectivity index (χ4v) is 4.32. The standard InChI is InChI=1S/C15H19NO2S/c1-2-19(17,18)16-11-9-15(10-12-16)8-7-13-5-3-4-6-14(13)15/h3-8H,2,9-12H2,1H3. The predicted octanol–water partition coefficient (Wildman–Crippen LogP) is 2.40. The van der Waals surface area contributed by atoms with E-state index in [9.17, 15) is 8.42 Å². The van der Waals surface area contributed by atoms with Crippen molar-refractivity contribution in [3.63, 3.8) is 0 Å². The van der Waals surface area contributed by atoms with Gasteiger partial charge in [0.15, 0.2) is 0 Å². The van der Waals surface area contributed by atoms with Gasteiger partial charge >= 0.3 is 0 Å². The zero-order valence-electron chi connectivity index (χ0n) is 11.2. The van der Waals surface area contributed by atoms with Crippen LogP contribution in [0.3, 0.4) is 0 Å². The molecule has 2 aliphatic rings. The van der Waals surface area contributed by atoms with E-state index in [2.05, 4.69) is 36.4 Å². The largest absolute Gasteiger partial charge is 0.213 e. The number of sulfonamides is 1. The number of hydrogen-bond acceptors (Lipinski definition) is 2. The molecular formula is C15H19NO2S. The summed E-state index contributed by atoms with van der Waals surface area (Å²) < 4.78 is 25.5. The van der Waals surface area contributed by atoms with Gasteiger partial charge in [0.2, 0.25) is 10.0 Å². The SMILES string of the molecule is CCS(=O)(=O)N1CCC2(C=Cc3ccccc32)CC1. The van der Waals surface area contributed by atoms with Crippen molar-refractivity contribution < 1.29 is 8.42 Å². The minimum absolute atomic E-state index is 0.0658. The van der Waals surface area contributed by atoms with Crippen LogP contribution < -0.4 is 0 Å². The summed E-state index contributed by atoms with van der Waals surface area (Å²) in [5.41, 5.74) is 2.72. The van der Waals surface area contributed by atoms with Gasteiger partial charge in [-0.05, 0) is 30.9 Å². The molecule has 19 heavy (non-hydrogen) atoms. The van der Waals surface area contributed by atoms with E-state index in [1.54, 1.807) is 11.2 Å². The summed E-state index contributed by atoms with van der Waals surface area (Å²) in [6.45, 7) is 2.98. The Bertz CT molecular complexity index is 611.